The first-order valence-corrected chi connectivity index (χ1v) is 9.45. The lowest BCUT2D eigenvalue weighted by Gasteiger charge is -2.24. The first-order valence-electron chi connectivity index (χ1n) is 9.45. The van der Waals surface area contributed by atoms with E-state index in [-0.39, 0.29) is 30.0 Å². The van der Waals surface area contributed by atoms with Crippen LogP contribution in [-0.4, -0.2) is 34.4 Å². The van der Waals surface area contributed by atoms with Gasteiger partial charge in [-0.3, -0.25) is 14.5 Å². The third-order valence-electron chi connectivity index (χ3n) is 4.64. The normalized spacial score (nSPS) is 12.5. The van der Waals surface area contributed by atoms with Crippen LogP contribution in [0.5, 0.6) is 0 Å². The Morgan fingerprint density at radius 3 is 2.50 bits per heavy atom. The van der Waals surface area contributed by atoms with Gasteiger partial charge in [0.2, 0.25) is 5.91 Å². The van der Waals surface area contributed by atoms with Gasteiger partial charge in [-0.1, -0.05) is 56.3 Å². The van der Waals surface area contributed by atoms with E-state index in [0.29, 0.717) is 23.3 Å². The largest absolute Gasteiger partial charge is 0.348 e. The maximum atomic E-state index is 12.6. The van der Waals surface area contributed by atoms with Crippen LogP contribution in [-0.2, 0) is 11.3 Å². The molecule has 146 valence electrons. The van der Waals surface area contributed by atoms with Gasteiger partial charge in [0.1, 0.15) is 5.82 Å². The Balaban J connectivity index is 1.65. The number of benzene rings is 2. The molecular formula is C22H26N4O2. The molecule has 6 heteroatoms. The SMILES string of the molecule is CC(C)C(NC(=O)CN(C)Cc1nc2ccccc2c(=O)[nH]1)c1ccccc1. The number of aromatic amines is 1. The minimum Gasteiger partial charge on any atom is -0.348 e. The van der Waals surface area contributed by atoms with Crippen molar-refractivity contribution in [3.8, 4) is 0 Å². The number of fused-ring (bicyclic) bond motifs is 1. The number of nitrogens with zero attached hydrogens (tertiary/aromatic N) is 2. The zero-order valence-corrected chi connectivity index (χ0v) is 16.5. The van der Waals surface area contributed by atoms with E-state index in [9.17, 15) is 9.59 Å². The van der Waals surface area contributed by atoms with Gasteiger partial charge in [0.25, 0.3) is 5.56 Å². The third-order valence-corrected chi connectivity index (χ3v) is 4.64. The van der Waals surface area contributed by atoms with Gasteiger partial charge < -0.3 is 10.3 Å². The average Bonchev–Trinajstić information content (AvgIpc) is 2.66. The summed E-state index contributed by atoms with van der Waals surface area (Å²) in [5.74, 6) is 0.755. The van der Waals surface area contributed by atoms with Crippen molar-refractivity contribution in [1.29, 1.82) is 0 Å². The monoisotopic (exact) mass is 378 g/mol. The predicted molar refractivity (Wildman–Crippen MR) is 111 cm³/mol. The maximum absolute atomic E-state index is 12.6. The summed E-state index contributed by atoms with van der Waals surface area (Å²) in [5.41, 5.74) is 1.58. The molecule has 3 rings (SSSR count). The van der Waals surface area contributed by atoms with E-state index in [0.717, 1.165) is 5.56 Å². The van der Waals surface area contributed by atoms with Crippen molar-refractivity contribution in [3.63, 3.8) is 0 Å². The highest BCUT2D eigenvalue weighted by atomic mass is 16.2. The van der Waals surface area contributed by atoms with E-state index < -0.39 is 0 Å². The van der Waals surface area contributed by atoms with Crippen molar-refractivity contribution in [1.82, 2.24) is 20.2 Å². The first kappa shape index (κ1) is 19.8. The molecule has 28 heavy (non-hydrogen) atoms. The second kappa shape index (κ2) is 8.80. The van der Waals surface area contributed by atoms with Gasteiger partial charge in [-0.2, -0.15) is 0 Å². The number of rotatable bonds is 7. The van der Waals surface area contributed by atoms with Crippen molar-refractivity contribution in [2.75, 3.05) is 13.6 Å². The first-order chi connectivity index (χ1) is 13.4. The summed E-state index contributed by atoms with van der Waals surface area (Å²) in [6, 6.07) is 17.2. The molecule has 1 unspecified atom stereocenters. The van der Waals surface area contributed by atoms with Crippen LogP contribution in [0.1, 0.15) is 31.3 Å². The van der Waals surface area contributed by atoms with Gasteiger partial charge in [-0.05, 0) is 30.7 Å². The van der Waals surface area contributed by atoms with Gasteiger partial charge in [0, 0.05) is 0 Å². The Morgan fingerprint density at radius 2 is 1.79 bits per heavy atom. The van der Waals surface area contributed by atoms with Crippen LogP contribution < -0.4 is 10.9 Å². The Bertz CT molecular complexity index is 998. The molecule has 0 bridgehead atoms. The van der Waals surface area contributed by atoms with Crippen LogP contribution >= 0.6 is 0 Å². The van der Waals surface area contributed by atoms with Crippen molar-refractivity contribution in [2.24, 2.45) is 5.92 Å². The van der Waals surface area contributed by atoms with E-state index in [2.05, 4.69) is 29.1 Å². The standard InChI is InChI=1S/C22H26N4O2/c1-15(2)21(16-9-5-4-6-10-16)25-20(27)14-26(3)13-19-23-18-12-8-7-11-17(18)22(28)24-19/h4-12,15,21H,13-14H2,1-3H3,(H,25,27)(H,23,24,28). The second-order valence-corrected chi connectivity index (χ2v) is 7.40. The number of carbonyl (C=O) groups is 1. The van der Waals surface area contributed by atoms with Crippen LogP contribution in [0.2, 0.25) is 0 Å². The number of likely N-dealkylation sites (N-methyl/N-ethyl adjacent to an activating group) is 1. The fourth-order valence-electron chi connectivity index (χ4n) is 3.28. The van der Waals surface area contributed by atoms with Crippen LogP contribution in [0.3, 0.4) is 0 Å². The molecule has 0 saturated carbocycles. The lowest BCUT2D eigenvalue weighted by Crippen LogP contribution is -2.39. The Morgan fingerprint density at radius 1 is 1.11 bits per heavy atom. The number of hydrogen-bond acceptors (Lipinski definition) is 4. The molecule has 0 radical (unpaired) electrons. The van der Waals surface area contributed by atoms with Gasteiger partial charge in [-0.15, -0.1) is 0 Å². The maximum Gasteiger partial charge on any atom is 0.258 e. The van der Waals surface area contributed by atoms with E-state index >= 15 is 0 Å². The molecule has 6 nitrogen and oxygen atoms in total. The smallest absolute Gasteiger partial charge is 0.258 e. The quantitative estimate of drug-likeness (QED) is 0.663. The summed E-state index contributed by atoms with van der Waals surface area (Å²) in [4.78, 5) is 33.9. The number of para-hydroxylation sites is 1. The molecule has 3 aromatic rings. The minimum absolute atomic E-state index is 0.0410. The van der Waals surface area contributed by atoms with Gasteiger partial charge in [-0.25, -0.2) is 4.98 Å². The zero-order chi connectivity index (χ0) is 20.1. The molecule has 1 atom stereocenters. The Kier molecular flexibility index (Phi) is 6.21. The summed E-state index contributed by atoms with van der Waals surface area (Å²) < 4.78 is 0. The van der Waals surface area contributed by atoms with Crippen LogP contribution in [0.15, 0.2) is 59.4 Å². The minimum atomic E-state index is -0.164. The van der Waals surface area contributed by atoms with Crippen molar-refractivity contribution < 1.29 is 4.79 Å². The molecule has 2 aromatic carbocycles. The van der Waals surface area contributed by atoms with Crippen LogP contribution in [0.25, 0.3) is 10.9 Å². The summed E-state index contributed by atoms with van der Waals surface area (Å²) in [5, 5.41) is 3.68. The molecule has 2 N–H and O–H groups in total. The van der Waals surface area contributed by atoms with E-state index in [4.69, 9.17) is 0 Å². The summed E-state index contributed by atoms with van der Waals surface area (Å²) in [6.07, 6.45) is 0. The fraction of sp³-hybridized carbons (Fsp3) is 0.318. The lowest BCUT2D eigenvalue weighted by molar-refractivity contribution is -0.123. The molecule has 1 aromatic heterocycles. The zero-order valence-electron chi connectivity index (χ0n) is 16.5. The summed E-state index contributed by atoms with van der Waals surface area (Å²) in [7, 11) is 1.83. The van der Waals surface area contributed by atoms with Crippen LogP contribution in [0, 0.1) is 5.92 Å². The molecule has 0 aliphatic carbocycles. The fourth-order valence-corrected chi connectivity index (χ4v) is 3.28. The number of aromatic nitrogens is 2. The number of carbonyl (C=O) groups excluding carboxylic acids is 1. The molecule has 0 saturated heterocycles. The molecule has 0 aliphatic heterocycles. The summed E-state index contributed by atoms with van der Waals surface area (Å²) >= 11 is 0. The Hall–Kier alpha value is -2.99. The molecule has 0 aliphatic rings. The molecular weight excluding hydrogens is 352 g/mol. The highest BCUT2D eigenvalue weighted by Gasteiger charge is 2.19. The second-order valence-electron chi connectivity index (χ2n) is 7.40. The van der Waals surface area contributed by atoms with Crippen molar-refractivity contribution in [3.05, 3.63) is 76.3 Å². The average molecular weight is 378 g/mol. The van der Waals surface area contributed by atoms with Crippen molar-refractivity contribution in [2.45, 2.75) is 26.4 Å². The van der Waals surface area contributed by atoms with Gasteiger partial charge >= 0.3 is 0 Å². The number of amides is 1. The van der Waals surface area contributed by atoms with Crippen molar-refractivity contribution >= 4 is 16.8 Å². The van der Waals surface area contributed by atoms with Gasteiger partial charge in [0.05, 0.1) is 30.0 Å². The molecule has 0 fully saturated rings. The van der Waals surface area contributed by atoms with E-state index in [1.165, 1.54) is 0 Å². The highest BCUT2D eigenvalue weighted by molar-refractivity contribution is 5.78. The van der Waals surface area contributed by atoms with E-state index in [1.807, 2.05) is 60.5 Å². The van der Waals surface area contributed by atoms with E-state index in [1.54, 1.807) is 6.07 Å². The number of H-pyrrole nitrogens is 1. The van der Waals surface area contributed by atoms with Crippen LogP contribution in [0.4, 0.5) is 0 Å². The third kappa shape index (κ3) is 4.84. The lowest BCUT2D eigenvalue weighted by atomic mass is 9.96. The highest BCUT2D eigenvalue weighted by Crippen LogP contribution is 2.21. The topological polar surface area (TPSA) is 78.1 Å². The molecule has 1 amide bonds. The van der Waals surface area contributed by atoms with Gasteiger partial charge in [0.15, 0.2) is 0 Å². The number of hydrogen-bond donors (Lipinski definition) is 2. The molecule has 0 spiro atoms. The molecule has 1 heterocycles. The Labute approximate surface area is 164 Å². The summed E-state index contributed by atoms with van der Waals surface area (Å²) in [6.45, 7) is 4.77. The predicted octanol–water partition coefficient (Wildman–Crippen LogP) is 2.87. The number of nitrogens with one attached hydrogen (secondary N) is 2.